The van der Waals surface area contributed by atoms with Crippen LogP contribution < -0.4 is 10.9 Å². The van der Waals surface area contributed by atoms with E-state index in [9.17, 15) is 0 Å². The normalized spacial score (nSPS) is 11.7. The topological polar surface area (TPSA) is 4.93 Å². The lowest BCUT2D eigenvalue weighted by molar-refractivity contribution is 0.544. The van der Waals surface area contributed by atoms with E-state index in [4.69, 9.17) is 0 Å². The van der Waals surface area contributed by atoms with Gasteiger partial charge in [0.1, 0.15) is 0 Å². The number of rotatable bonds is 12. The van der Waals surface area contributed by atoms with E-state index in [1.807, 2.05) is 0 Å². The number of benzene rings is 8. The van der Waals surface area contributed by atoms with E-state index in [1.54, 1.807) is 0 Å². The Hall–Kier alpha value is -6.38. The number of nitrogens with zero attached hydrogens (tertiary/aromatic N) is 1. The second-order valence-electron chi connectivity index (χ2n) is 17.6. The molecule has 0 saturated heterocycles. The Kier molecular flexibility index (Phi) is 16.7. The van der Waals surface area contributed by atoms with E-state index in [1.165, 1.54) is 111 Å². The molecular weight excluding hydrogens is 794 g/mol. The fourth-order valence-corrected chi connectivity index (χ4v) is 10.1. The van der Waals surface area contributed by atoms with Crippen LogP contribution in [0.4, 0.5) is 0 Å². The second kappa shape index (κ2) is 21.7. The molecule has 9 rings (SSSR count). The molecule has 9 aromatic rings. The summed E-state index contributed by atoms with van der Waals surface area (Å²) in [5.74, 6) is 0.958. The molecule has 1 radical (unpaired) electrons. The van der Waals surface area contributed by atoms with E-state index in [2.05, 4.69) is 230 Å². The van der Waals surface area contributed by atoms with Crippen molar-refractivity contribution in [2.45, 2.75) is 109 Å². The van der Waals surface area contributed by atoms with Crippen LogP contribution in [0.2, 0.25) is 0 Å². The van der Waals surface area contributed by atoms with Crippen molar-refractivity contribution in [3.8, 4) is 44.5 Å². The Bertz CT molecular complexity index is 2960. The zero-order valence-electron chi connectivity index (χ0n) is 37.5. The number of aromatic nitrogens is 1. The second-order valence-corrected chi connectivity index (χ2v) is 17.6. The van der Waals surface area contributed by atoms with Gasteiger partial charge in [-0.25, -0.2) is 0 Å². The molecule has 0 aliphatic rings. The van der Waals surface area contributed by atoms with Gasteiger partial charge in [0.25, 0.3) is 0 Å². The van der Waals surface area contributed by atoms with Crippen LogP contribution in [0.15, 0.2) is 170 Å². The van der Waals surface area contributed by atoms with Crippen LogP contribution in [-0.4, -0.2) is 11.8 Å². The Labute approximate surface area is 399 Å². The molecule has 66 heavy (non-hydrogen) atoms. The smallest absolute Gasteiger partial charge is 0.192 e. The molecule has 337 valence electrons. The molecule has 0 spiro atoms. The minimum atomic E-state index is 0. The van der Waals surface area contributed by atoms with E-state index in [0.29, 0.717) is 11.8 Å². The zero-order valence-corrected chi connectivity index (χ0v) is 37.5. The van der Waals surface area contributed by atoms with Crippen molar-refractivity contribution in [2.24, 2.45) is 0 Å². The van der Waals surface area contributed by atoms with Crippen molar-refractivity contribution in [3.63, 3.8) is 0 Å². The van der Waals surface area contributed by atoms with Crippen LogP contribution in [0.25, 0.3) is 66.3 Å². The Morgan fingerprint density at radius 2 is 0.879 bits per heavy atom. The predicted molar refractivity (Wildman–Crippen MR) is 297 cm³/mol. The Balaban J connectivity index is 0.00000204. The van der Waals surface area contributed by atoms with Gasteiger partial charge >= 0.3 is 0 Å². The molecule has 0 saturated carbocycles. The lowest BCUT2D eigenvalue weighted by Gasteiger charge is -2.21. The molecule has 2 heteroatoms. The maximum atomic E-state index is 2.43. The first-order valence-corrected chi connectivity index (χ1v) is 22.6. The monoisotopic (exact) mass is 867 g/mol. The van der Waals surface area contributed by atoms with Gasteiger partial charge in [-0.15, -0.1) is 0 Å². The lowest BCUT2D eigenvalue weighted by atomic mass is 9.58. The third-order valence-electron chi connectivity index (χ3n) is 13.6. The third-order valence-corrected chi connectivity index (χ3v) is 13.6. The molecule has 2 atom stereocenters. The number of hydrogen-bond donors (Lipinski definition) is 0. The number of para-hydroxylation sites is 1. The zero-order chi connectivity index (χ0) is 42.9. The van der Waals surface area contributed by atoms with Crippen molar-refractivity contribution in [2.75, 3.05) is 0 Å². The first kappa shape index (κ1) is 50.6. The lowest BCUT2D eigenvalue weighted by Crippen LogP contribution is -2.34. The van der Waals surface area contributed by atoms with E-state index in [0.717, 1.165) is 19.4 Å². The molecule has 2 unspecified atom stereocenters. The van der Waals surface area contributed by atoms with Crippen molar-refractivity contribution in [1.82, 2.24) is 4.57 Å². The van der Waals surface area contributed by atoms with Crippen LogP contribution in [0.5, 0.6) is 0 Å². The van der Waals surface area contributed by atoms with Gasteiger partial charge in [-0.1, -0.05) is 234 Å². The molecule has 1 heterocycles. The average molecular weight is 867 g/mol. The average Bonchev–Trinajstić information content (AvgIpc) is 3.64. The summed E-state index contributed by atoms with van der Waals surface area (Å²) in [5.41, 5.74) is 23.5. The van der Waals surface area contributed by atoms with Gasteiger partial charge in [0.2, 0.25) is 0 Å². The van der Waals surface area contributed by atoms with E-state index >= 15 is 0 Å². The van der Waals surface area contributed by atoms with Gasteiger partial charge in [0, 0.05) is 28.4 Å². The molecular formula is C64H73BN. The summed E-state index contributed by atoms with van der Waals surface area (Å²) < 4.78 is 2.43. The van der Waals surface area contributed by atoms with E-state index < -0.39 is 0 Å². The van der Waals surface area contributed by atoms with Gasteiger partial charge in [-0.2, -0.15) is 0 Å². The Morgan fingerprint density at radius 1 is 0.439 bits per heavy atom. The molecule has 0 bridgehead atoms. The quantitative estimate of drug-likeness (QED) is 0.108. The van der Waals surface area contributed by atoms with Crippen LogP contribution in [0, 0.1) is 27.7 Å². The minimum Gasteiger partial charge on any atom is -0.341 e. The first-order valence-electron chi connectivity index (χ1n) is 22.6. The highest BCUT2D eigenvalue weighted by molar-refractivity contribution is 6.69. The molecule has 1 aromatic heterocycles. The van der Waals surface area contributed by atoms with Crippen molar-refractivity contribution in [1.29, 1.82) is 0 Å². The van der Waals surface area contributed by atoms with E-state index in [-0.39, 0.29) is 29.7 Å². The molecule has 0 fully saturated rings. The van der Waals surface area contributed by atoms with Gasteiger partial charge in [-0.05, 0) is 127 Å². The fraction of sp³-hybridized carbons (Fsp3) is 0.250. The first-order chi connectivity index (χ1) is 30.2. The maximum absolute atomic E-state index is 2.43. The van der Waals surface area contributed by atoms with Crippen LogP contribution in [0.3, 0.4) is 0 Å². The minimum absolute atomic E-state index is 0. The maximum Gasteiger partial charge on any atom is 0.192 e. The molecule has 0 aliphatic heterocycles. The van der Waals surface area contributed by atoms with Crippen LogP contribution in [0.1, 0.15) is 109 Å². The summed E-state index contributed by atoms with van der Waals surface area (Å²) in [4.78, 5) is 0. The standard InChI is InChI=1S/C60H57BN.4CH4/c1-8-44(47-26-28-48(29-27-47)49-30-32-51(33-31-49)54-19-15-21-57-58(54)55-18-13-14-20-56(55)62(57)9-2)34-39(3)45-22-24-50(25-23-45)53-37-42(6)60(43(7)38-53)61-59-40(4)35-52(36-41(59)5)46-16-11-10-12-17-46;;;;/h10-33,35-39,44H,8-9,34H2,1-7H3;4*1H4. The third kappa shape index (κ3) is 9.90. The molecule has 0 N–H and O–H groups in total. The van der Waals surface area contributed by atoms with Crippen molar-refractivity contribution >= 4 is 40.0 Å². The van der Waals surface area contributed by atoms with Gasteiger partial charge < -0.3 is 4.57 Å². The summed E-state index contributed by atoms with van der Waals surface area (Å²) >= 11 is 0. The number of aryl methyl sites for hydroxylation is 5. The summed E-state index contributed by atoms with van der Waals surface area (Å²) in [6.07, 6.45) is 2.24. The van der Waals surface area contributed by atoms with Gasteiger partial charge in [0.05, 0.1) is 0 Å². The summed E-state index contributed by atoms with van der Waals surface area (Å²) in [6.45, 7) is 16.9. The highest BCUT2D eigenvalue weighted by Crippen LogP contribution is 2.38. The summed E-state index contributed by atoms with van der Waals surface area (Å²) in [7, 11) is 2.39. The molecule has 0 amide bonds. The highest BCUT2D eigenvalue weighted by Gasteiger charge is 2.18. The van der Waals surface area contributed by atoms with Crippen LogP contribution in [-0.2, 0) is 6.54 Å². The largest absolute Gasteiger partial charge is 0.341 e. The summed E-state index contributed by atoms with van der Waals surface area (Å²) in [5, 5.41) is 2.67. The molecule has 8 aromatic carbocycles. The fourth-order valence-electron chi connectivity index (χ4n) is 10.1. The van der Waals surface area contributed by atoms with Gasteiger partial charge in [0.15, 0.2) is 7.28 Å². The number of hydrogen-bond acceptors (Lipinski definition) is 0. The molecule has 0 aliphatic carbocycles. The Morgan fingerprint density at radius 3 is 1.41 bits per heavy atom. The summed E-state index contributed by atoms with van der Waals surface area (Å²) in [6, 6.07) is 63.5. The highest BCUT2D eigenvalue weighted by atomic mass is 15.0. The number of fused-ring (bicyclic) bond motifs is 3. The van der Waals surface area contributed by atoms with Crippen molar-refractivity contribution in [3.05, 3.63) is 203 Å². The molecule has 1 nitrogen and oxygen atoms in total. The van der Waals surface area contributed by atoms with Gasteiger partial charge in [-0.3, -0.25) is 0 Å². The predicted octanol–water partition coefficient (Wildman–Crippen LogP) is 17.6. The van der Waals surface area contributed by atoms with Crippen molar-refractivity contribution < 1.29 is 0 Å². The van der Waals surface area contributed by atoms with Crippen LogP contribution >= 0.6 is 0 Å². The SMILES string of the molecule is C.C.C.C.CCC(CC(C)c1ccc(-c2cc(C)c([B]c3c(C)cc(-c4ccccc4)cc3C)c(C)c2)cc1)c1ccc(-c2ccc(-c3cccc4c3c3ccccc3n4CC)cc2)cc1.